The van der Waals surface area contributed by atoms with E-state index in [4.69, 9.17) is 0 Å². The number of hydrogen-bond acceptors (Lipinski definition) is 5. The number of thiazole rings is 1. The van der Waals surface area contributed by atoms with E-state index in [9.17, 15) is 0 Å². The molecule has 0 aliphatic carbocycles. The summed E-state index contributed by atoms with van der Waals surface area (Å²) >= 11 is 1.76. The number of aromatic nitrogens is 2. The summed E-state index contributed by atoms with van der Waals surface area (Å²) in [6.45, 7) is 5.48. The van der Waals surface area contributed by atoms with Crippen LogP contribution in [-0.4, -0.2) is 35.0 Å². The maximum atomic E-state index is 4.56. The van der Waals surface area contributed by atoms with E-state index in [1.54, 1.807) is 11.3 Å². The van der Waals surface area contributed by atoms with Crippen molar-refractivity contribution in [3.8, 4) is 0 Å². The first-order valence-electron chi connectivity index (χ1n) is 7.99. The topological polar surface area (TPSA) is 41.1 Å². The van der Waals surface area contributed by atoms with Crippen molar-refractivity contribution in [3.63, 3.8) is 0 Å². The molecule has 5 heteroatoms. The third-order valence-corrected chi connectivity index (χ3v) is 5.22. The van der Waals surface area contributed by atoms with Gasteiger partial charge in [0.1, 0.15) is 0 Å². The van der Waals surface area contributed by atoms with E-state index in [2.05, 4.69) is 39.2 Å². The average Bonchev–Trinajstić information content (AvgIpc) is 2.98. The van der Waals surface area contributed by atoms with Crippen LogP contribution in [0.25, 0.3) is 0 Å². The number of aryl methyl sites for hydroxylation is 1. The van der Waals surface area contributed by atoms with Gasteiger partial charge in [0.25, 0.3) is 0 Å². The third kappa shape index (κ3) is 4.05. The second-order valence-electron chi connectivity index (χ2n) is 6.16. The van der Waals surface area contributed by atoms with Crippen molar-refractivity contribution >= 4 is 16.5 Å². The van der Waals surface area contributed by atoms with Gasteiger partial charge in [0.2, 0.25) is 0 Å². The predicted octanol–water partition coefficient (Wildman–Crippen LogP) is 3.34. The summed E-state index contributed by atoms with van der Waals surface area (Å²) in [5.74, 6) is 0.723. The maximum Gasteiger partial charge on any atom is 0.182 e. The Kier molecular flexibility index (Phi) is 5.05. The molecule has 0 aromatic carbocycles. The van der Waals surface area contributed by atoms with Crippen LogP contribution in [0.4, 0.5) is 5.13 Å². The van der Waals surface area contributed by atoms with Crippen LogP contribution in [0.2, 0.25) is 0 Å². The highest BCUT2D eigenvalue weighted by Crippen LogP contribution is 2.24. The lowest BCUT2D eigenvalue weighted by Crippen LogP contribution is -2.35. The van der Waals surface area contributed by atoms with Crippen LogP contribution >= 0.6 is 11.3 Å². The molecule has 0 bridgehead atoms. The second kappa shape index (κ2) is 7.20. The first-order valence-corrected chi connectivity index (χ1v) is 8.81. The Hall–Kier alpha value is -1.46. The van der Waals surface area contributed by atoms with Crippen LogP contribution in [0.15, 0.2) is 24.5 Å². The Morgan fingerprint density at radius 2 is 2.23 bits per heavy atom. The molecule has 1 aliphatic rings. The highest BCUT2D eigenvalue weighted by molar-refractivity contribution is 7.15. The SMILES string of the molecule is CNc1ncc(CN2CCCC(Cc3ccc(C)cn3)C2)s1. The van der Waals surface area contributed by atoms with Crippen molar-refractivity contribution in [2.75, 3.05) is 25.5 Å². The summed E-state index contributed by atoms with van der Waals surface area (Å²) in [5.41, 5.74) is 2.47. The van der Waals surface area contributed by atoms with Crippen molar-refractivity contribution in [3.05, 3.63) is 40.7 Å². The molecule has 3 rings (SSSR count). The van der Waals surface area contributed by atoms with Crippen LogP contribution in [0.1, 0.15) is 29.0 Å². The van der Waals surface area contributed by atoms with Gasteiger partial charge in [-0.1, -0.05) is 6.07 Å². The largest absolute Gasteiger partial charge is 0.365 e. The van der Waals surface area contributed by atoms with Crippen molar-refractivity contribution < 1.29 is 0 Å². The Labute approximate surface area is 136 Å². The van der Waals surface area contributed by atoms with Gasteiger partial charge in [-0.05, 0) is 50.3 Å². The Morgan fingerprint density at radius 3 is 2.95 bits per heavy atom. The number of likely N-dealkylation sites (tertiary alicyclic amines) is 1. The lowest BCUT2D eigenvalue weighted by atomic mass is 9.93. The highest BCUT2D eigenvalue weighted by atomic mass is 32.1. The quantitative estimate of drug-likeness (QED) is 0.918. The van der Waals surface area contributed by atoms with Crippen molar-refractivity contribution in [1.29, 1.82) is 0 Å². The summed E-state index contributed by atoms with van der Waals surface area (Å²) < 4.78 is 0. The molecule has 1 aliphatic heterocycles. The third-order valence-electron chi connectivity index (χ3n) is 4.22. The van der Waals surface area contributed by atoms with Gasteiger partial charge in [-0.3, -0.25) is 9.88 Å². The standard InChI is InChI=1S/C17H24N4S/c1-13-5-6-15(19-9-13)8-14-4-3-7-21(11-14)12-16-10-20-17(18-2)22-16/h5-6,9-10,14H,3-4,7-8,11-12H2,1-2H3,(H,18,20). The minimum atomic E-state index is 0.723. The molecule has 1 fully saturated rings. The van der Waals surface area contributed by atoms with Crippen molar-refractivity contribution in [2.45, 2.75) is 32.7 Å². The number of nitrogens with zero attached hydrogens (tertiary/aromatic N) is 3. The van der Waals surface area contributed by atoms with Crippen LogP contribution in [0, 0.1) is 12.8 Å². The smallest absolute Gasteiger partial charge is 0.182 e. The predicted molar refractivity (Wildman–Crippen MR) is 92.3 cm³/mol. The number of nitrogens with one attached hydrogen (secondary N) is 1. The molecule has 118 valence electrons. The fourth-order valence-electron chi connectivity index (χ4n) is 3.09. The monoisotopic (exact) mass is 316 g/mol. The molecular formula is C17H24N4S. The van der Waals surface area contributed by atoms with Gasteiger partial charge in [-0.15, -0.1) is 11.3 Å². The number of rotatable bonds is 5. The molecule has 0 saturated carbocycles. The minimum Gasteiger partial charge on any atom is -0.365 e. The first-order chi connectivity index (χ1) is 10.7. The van der Waals surface area contributed by atoms with Crippen molar-refractivity contribution in [2.24, 2.45) is 5.92 Å². The van der Waals surface area contributed by atoms with Crippen LogP contribution < -0.4 is 5.32 Å². The molecule has 0 amide bonds. The zero-order valence-electron chi connectivity index (χ0n) is 13.4. The lowest BCUT2D eigenvalue weighted by molar-refractivity contribution is 0.167. The molecule has 22 heavy (non-hydrogen) atoms. The van der Waals surface area contributed by atoms with E-state index in [-0.39, 0.29) is 0 Å². The molecule has 3 heterocycles. The fraction of sp³-hybridized carbons (Fsp3) is 0.529. The molecule has 2 aromatic rings. The van der Waals surface area contributed by atoms with Gasteiger partial charge in [-0.2, -0.15) is 0 Å². The number of hydrogen-bond donors (Lipinski definition) is 1. The normalized spacial score (nSPS) is 19.3. The van der Waals surface area contributed by atoms with E-state index in [1.165, 1.54) is 42.1 Å². The summed E-state index contributed by atoms with van der Waals surface area (Å²) in [6.07, 6.45) is 7.68. The summed E-state index contributed by atoms with van der Waals surface area (Å²) in [7, 11) is 1.92. The molecule has 1 unspecified atom stereocenters. The van der Waals surface area contributed by atoms with Crippen molar-refractivity contribution in [1.82, 2.24) is 14.9 Å². The van der Waals surface area contributed by atoms with Crippen LogP contribution in [0.5, 0.6) is 0 Å². The molecular weight excluding hydrogens is 292 g/mol. The Balaban J connectivity index is 1.55. The summed E-state index contributed by atoms with van der Waals surface area (Å²) in [4.78, 5) is 12.8. The highest BCUT2D eigenvalue weighted by Gasteiger charge is 2.21. The summed E-state index contributed by atoms with van der Waals surface area (Å²) in [5, 5.41) is 4.12. The van der Waals surface area contributed by atoms with Gasteiger partial charge >= 0.3 is 0 Å². The van der Waals surface area contributed by atoms with E-state index in [1.807, 2.05) is 19.4 Å². The van der Waals surface area contributed by atoms with Crippen LogP contribution in [0.3, 0.4) is 0 Å². The molecule has 1 saturated heterocycles. The fourth-order valence-corrected chi connectivity index (χ4v) is 3.90. The van der Waals surface area contributed by atoms with E-state index in [0.717, 1.165) is 24.0 Å². The van der Waals surface area contributed by atoms with E-state index in [0.29, 0.717) is 0 Å². The molecule has 2 aromatic heterocycles. The zero-order chi connectivity index (χ0) is 15.4. The average molecular weight is 316 g/mol. The molecule has 1 N–H and O–H groups in total. The molecule has 0 spiro atoms. The number of pyridine rings is 1. The first kappa shape index (κ1) is 15.4. The lowest BCUT2D eigenvalue weighted by Gasteiger charge is -2.32. The Morgan fingerprint density at radius 1 is 1.32 bits per heavy atom. The van der Waals surface area contributed by atoms with Crippen LogP contribution in [-0.2, 0) is 13.0 Å². The summed E-state index contributed by atoms with van der Waals surface area (Å²) in [6, 6.07) is 4.34. The van der Waals surface area contributed by atoms with Gasteiger partial charge < -0.3 is 5.32 Å². The van der Waals surface area contributed by atoms with Gasteiger partial charge in [0.15, 0.2) is 5.13 Å². The Bertz CT molecular complexity index is 593. The molecule has 0 radical (unpaired) electrons. The number of piperidine rings is 1. The van der Waals surface area contributed by atoms with E-state index < -0.39 is 0 Å². The maximum absolute atomic E-state index is 4.56. The minimum absolute atomic E-state index is 0.723. The van der Waals surface area contributed by atoms with E-state index >= 15 is 0 Å². The van der Waals surface area contributed by atoms with Gasteiger partial charge in [0.05, 0.1) is 0 Å². The van der Waals surface area contributed by atoms with Gasteiger partial charge in [0, 0.05) is 43.1 Å². The molecule has 1 atom stereocenters. The molecule has 4 nitrogen and oxygen atoms in total. The number of anilines is 1. The second-order valence-corrected chi connectivity index (χ2v) is 7.27. The zero-order valence-corrected chi connectivity index (χ0v) is 14.2. The van der Waals surface area contributed by atoms with Gasteiger partial charge in [-0.25, -0.2) is 4.98 Å².